The van der Waals surface area contributed by atoms with E-state index in [1.54, 1.807) is 0 Å². The van der Waals surface area contributed by atoms with E-state index in [1.807, 2.05) is 5.38 Å². The number of hydrogen-bond donors (Lipinski definition) is 2. The predicted octanol–water partition coefficient (Wildman–Crippen LogP) is 2.31. The van der Waals surface area contributed by atoms with Crippen LogP contribution >= 0.6 is 11.3 Å². The first-order valence-electron chi connectivity index (χ1n) is 7.70. The summed E-state index contributed by atoms with van der Waals surface area (Å²) in [6.07, 6.45) is 2.55. The molecule has 6 heteroatoms. The molecule has 1 aliphatic heterocycles. The number of carbonyl (C=O) groups is 1. The summed E-state index contributed by atoms with van der Waals surface area (Å²) >= 11 is 1.50. The third-order valence-electron chi connectivity index (χ3n) is 3.48. The van der Waals surface area contributed by atoms with Crippen LogP contribution in [0.25, 0.3) is 0 Å². The van der Waals surface area contributed by atoms with Crippen molar-refractivity contribution in [1.29, 1.82) is 0 Å². The SMILES string of the molecule is CC(=O)Nc1nc(CN(CC(C)C)CC2CCCN2)cs1. The molecule has 1 fully saturated rings. The molecule has 1 amide bonds. The monoisotopic (exact) mass is 310 g/mol. The van der Waals surface area contributed by atoms with Crippen molar-refractivity contribution in [2.75, 3.05) is 25.0 Å². The average molecular weight is 310 g/mol. The largest absolute Gasteiger partial charge is 0.313 e. The maximum atomic E-state index is 11.1. The van der Waals surface area contributed by atoms with Gasteiger partial charge in [-0.15, -0.1) is 11.3 Å². The third-order valence-corrected chi connectivity index (χ3v) is 4.29. The zero-order valence-corrected chi connectivity index (χ0v) is 14.0. The Bertz CT molecular complexity index is 454. The lowest BCUT2D eigenvalue weighted by Crippen LogP contribution is -2.39. The first-order valence-corrected chi connectivity index (χ1v) is 8.58. The zero-order valence-electron chi connectivity index (χ0n) is 13.2. The maximum Gasteiger partial charge on any atom is 0.223 e. The summed E-state index contributed by atoms with van der Waals surface area (Å²) in [4.78, 5) is 18.0. The van der Waals surface area contributed by atoms with Crippen LogP contribution in [0, 0.1) is 5.92 Å². The average Bonchev–Trinajstić information content (AvgIpc) is 3.00. The third kappa shape index (κ3) is 5.73. The van der Waals surface area contributed by atoms with Gasteiger partial charge in [-0.3, -0.25) is 9.69 Å². The Kier molecular flexibility index (Phi) is 6.14. The molecule has 5 nitrogen and oxygen atoms in total. The minimum atomic E-state index is -0.0647. The van der Waals surface area contributed by atoms with Crippen molar-refractivity contribution in [2.24, 2.45) is 5.92 Å². The fourth-order valence-corrected chi connectivity index (χ4v) is 3.51. The number of amides is 1. The van der Waals surface area contributed by atoms with E-state index < -0.39 is 0 Å². The van der Waals surface area contributed by atoms with E-state index in [9.17, 15) is 4.79 Å². The summed E-state index contributed by atoms with van der Waals surface area (Å²) in [5, 5.41) is 9.05. The molecule has 1 aromatic rings. The van der Waals surface area contributed by atoms with Crippen molar-refractivity contribution in [3.63, 3.8) is 0 Å². The molecule has 0 aliphatic carbocycles. The summed E-state index contributed by atoms with van der Waals surface area (Å²) in [5.74, 6) is 0.574. The first-order chi connectivity index (χ1) is 10.0. The molecule has 1 aromatic heterocycles. The van der Waals surface area contributed by atoms with Gasteiger partial charge >= 0.3 is 0 Å². The summed E-state index contributed by atoms with van der Waals surface area (Å²) in [7, 11) is 0. The summed E-state index contributed by atoms with van der Waals surface area (Å²) < 4.78 is 0. The molecule has 2 heterocycles. The standard InChI is InChI=1S/C15H26N4OS/c1-11(2)7-19(8-13-5-4-6-16-13)9-14-10-21-15(18-14)17-12(3)20/h10-11,13,16H,4-9H2,1-3H3,(H,17,18,20). The molecule has 0 aromatic carbocycles. The minimum Gasteiger partial charge on any atom is -0.313 e. The molecule has 0 bridgehead atoms. The van der Waals surface area contributed by atoms with Crippen LogP contribution in [-0.2, 0) is 11.3 Å². The van der Waals surface area contributed by atoms with E-state index in [2.05, 4.69) is 34.4 Å². The van der Waals surface area contributed by atoms with E-state index in [0.29, 0.717) is 17.1 Å². The van der Waals surface area contributed by atoms with Gasteiger partial charge in [-0.2, -0.15) is 0 Å². The van der Waals surface area contributed by atoms with Crippen molar-refractivity contribution < 1.29 is 4.79 Å². The van der Waals surface area contributed by atoms with Crippen LogP contribution in [0.2, 0.25) is 0 Å². The van der Waals surface area contributed by atoms with Crippen LogP contribution in [-0.4, -0.2) is 41.5 Å². The van der Waals surface area contributed by atoms with E-state index in [-0.39, 0.29) is 5.91 Å². The zero-order chi connectivity index (χ0) is 15.2. The minimum absolute atomic E-state index is 0.0647. The predicted molar refractivity (Wildman–Crippen MR) is 87.6 cm³/mol. The number of nitrogens with zero attached hydrogens (tertiary/aromatic N) is 2. The van der Waals surface area contributed by atoms with Crippen molar-refractivity contribution in [3.8, 4) is 0 Å². The number of aromatic nitrogens is 1. The number of anilines is 1. The lowest BCUT2D eigenvalue weighted by molar-refractivity contribution is -0.114. The van der Waals surface area contributed by atoms with Gasteiger partial charge in [0, 0.05) is 38.0 Å². The summed E-state index contributed by atoms with van der Waals surface area (Å²) in [6, 6.07) is 0.609. The Labute approximate surface area is 131 Å². The highest BCUT2D eigenvalue weighted by Crippen LogP contribution is 2.18. The van der Waals surface area contributed by atoms with Gasteiger partial charge in [-0.1, -0.05) is 13.8 Å². The lowest BCUT2D eigenvalue weighted by atomic mass is 10.1. The van der Waals surface area contributed by atoms with Crippen molar-refractivity contribution >= 4 is 22.4 Å². The van der Waals surface area contributed by atoms with Crippen molar-refractivity contribution in [1.82, 2.24) is 15.2 Å². The smallest absolute Gasteiger partial charge is 0.223 e. The molecule has 2 N–H and O–H groups in total. The lowest BCUT2D eigenvalue weighted by Gasteiger charge is -2.26. The van der Waals surface area contributed by atoms with E-state index in [0.717, 1.165) is 31.9 Å². The summed E-state index contributed by atoms with van der Waals surface area (Å²) in [6.45, 7) is 10.2. The molecule has 1 saturated heterocycles. The quantitative estimate of drug-likeness (QED) is 0.811. The van der Waals surface area contributed by atoms with E-state index in [4.69, 9.17) is 0 Å². The highest BCUT2D eigenvalue weighted by atomic mass is 32.1. The van der Waals surface area contributed by atoms with Crippen LogP contribution in [0.15, 0.2) is 5.38 Å². The molecule has 0 saturated carbocycles. The van der Waals surface area contributed by atoms with Crippen LogP contribution < -0.4 is 10.6 Å². The molecule has 1 aliphatic rings. The fourth-order valence-electron chi connectivity index (χ4n) is 2.76. The normalized spacial score (nSPS) is 18.6. The van der Waals surface area contributed by atoms with Crippen molar-refractivity contribution in [2.45, 2.75) is 46.2 Å². The summed E-state index contributed by atoms with van der Waals surface area (Å²) in [5.41, 5.74) is 1.04. The Balaban J connectivity index is 1.93. The molecular formula is C15H26N4OS. The van der Waals surface area contributed by atoms with Crippen LogP contribution in [0.1, 0.15) is 39.3 Å². The molecule has 1 atom stereocenters. The van der Waals surface area contributed by atoms with Crippen LogP contribution in [0.3, 0.4) is 0 Å². The molecular weight excluding hydrogens is 284 g/mol. The second kappa shape index (κ2) is 7.87. The Morgan fingerprint density at radius 3 is 3.05 bits per heavy atom. The van der Waals surface area contributed by atoms with Crippen LogP contribution in [0.4, 0.5) is 5.13 Å². The first kappa shape index (κ1) is 16.4. The van der Waals surface area contributed by atoms with Gasteiger partial charge in [0.2, 0.25) is 5.91 Å². The Hall–Kier alpha value is -0.980. The molecule has 0 radical (unpaired) electrons. The Morgan fingerprint density at radius 2 is 2.43 bits per heavy atom. The number of rotatable bonds is 7. The second-order valence-electron chi connectivity index (χ2n) is 6.21. The number of carbonyl (C=O) groups excluding carboxylic acids is 1. The topological polar surface area (TPSA) is 57.3 Å². The number of nitrogens with one attached hydrogen (secondary N) is 2. The number of thiazole rings is 1. The van der Waals surface area contributed by atoms with Crippen LogP contribution in [0.5, 0.6) is 0 Å². The van der Waals surface area contributed by atoms with Gasteiger partial charge in [0.25, 0.3) is 0 Å². The van der Waals surface area contributed by atoms with Gasteiger partial charge in [-0.25, -0.2) is 4.98 Å². The number of hydrogen-bond acceptors (Lipinski definition) is 5. The second-order valence-corrected chi connectivity index (χ2v) is 7.06. The molecule has 21 heavy (non-hydrogen) atoms. The van der Waals surface area contributed by atoms with Gasteiger partial charge in [0.05, 0.1) is 5.69 Å². The van der Waals surface area contributed by atoms with E-state index >= 15 is 0 Å². The molecule has 0 spiro atoms. The molecule has 118 valence electrons. The maximum absolute atomic E-state index is 11.1. The molecule has 2 rings (SSSR count). The van der Waals surface area contributed by atoms with Crippen molar-refractivity contribution in [3.05, 3.63) is 11.1 Å². The fraction of sp³-hybridized carbons (Fsp3) is 0.733. The molecule has 1 unspecified atom stereocenters. The highest BCUT2D eigenvalue weighted by Gasteiger charge is 2.19. The highest BCUT2D eigenvalue weighted by molar-refractivity contribution is 7.13. The van der Waals surface area contributed by atoms with Gasteiger partial charge < -0.3 is 10.6 Å². The van der Waals surface area contributed by atoms with Gasteiger partial charge in [0.1, 0.15) is 0 Å². The van der Waals surface area contributed by atoms with Gasteiger partial charge in [-0.05, 0) is 25.3 Å². The van der Waals surface area contributed by atoms with E-state index in [1.165, 1.54) is 31.1 Å². The van der Waals surface area contributed by atoms with Gasteiger partial charge in [0.15, 0.2) is 5.13 Å². The Morgan fingerprint density at radius 1 is 1.62 bits per heavy atom.